The van der Waals surface area contributed by atoms with Gasteiger partial charge in [0.2, 0.25) is 11.6 Å². The van der Waals surface area contributed by atoms with Gasteiger partial charge in [-0.05, 0) is 17.5 Å². The van der Waals surface area contributed by atoms with Crippen LogP contribution in [-0.2, 0) is 14.3 Å². The molecule has 0 radical (unpaired) electrons. The summed E-state index contributed by atoms with van der Waals surface area (Å²) >= 11 is 0. The van der Waals surface area contributed by atoms with E-state index in [0.29, 0.717) is 10.9 Å². The summed E-state index contributed by atoms with van der Waals surface area (Å²) in [6.45, 7) is 0. The fourth-order valence-electron chi connectivity index (χ4n) is 3.75. The molecule has 1 heterocycles. The van der Waals surface area contributed by atoms with E-state index >= 15 is 0 Å². The molecule has 0 unspecified atom stereocenters. The molecule has 3 aromatic rings. The molecule has 30 heavy (non-hydrogen) atoms. The van der Waals surface area contributed by atoms with Gasteiger partial charge in [-0.3, -0.25) is 19.2 Å². The standard InChI is InChI=1S/C23H17NO6/c1-30-18(25)11-15(16-10-12-6-2-5-9-17(12)24-23(16)29)19-20(26)13-7-3-4-8-14(13)21(27)22(19)28/h2-10,15,26H,11H2,1H3,(H,24,29)/t15-/m0/s1. The van der Waals surface area contributed by atoms with Crippen molar-refractivity contribution in [1.82, 2.24) is 4.98 Å². The first kappa shape index (κ1) is 19.3. The molecule has 4 rings (SSSR count). The Morgan fingerprint density at radius 2 is 1.67 bits per heavy atom. The van der Waals surface area contributed by atoms with Gasteiger partial charge in [-0.15, -0.1) is 0 Å². The lowest BCUT2D eigenvalue weighted by atomic mass is 9.78. The van der Waals surface area contributed by atoms with Crippen LogP contribution in [0.1, 0.15) is 33.8 Å². The van der Waals surface area contributed by atoms with Gasteiger partial charge in [0.1, 0.15) is 5.76 Å². The zero-order valence-corrected chi connectivity index (χ0v) is 16.0. The van der Waals surface area contributed by atoms with Crippen molar-refractivity contribution in [2.45, 2.75) is 12.3 Å². The lowest BCUT2D eigenvalue weighted by Crippen LogP contribution is -2.30. The van der Waals surface area contributed by atoms with Crippen LogP contribution in [-0.4, -0.2) is 34.7 Å². The van der Waals surface area contributed by atoms with Gasteiger partial charge in [-0.1, -0.05) is 42.5 Å². The van der Waals surface area contributed by atoms with Crippen LogP contribution in [0.5, 0.6) is 0 Å². The van der Waals surface area contributed by atoms with Gasteiger partial charge < -0.3 is 14.8 Å². The molecule has 7 heteroatoms. The van der Waals surface area contributed by atoms with Gasteiger partial charge in [0.25, 0.3) is 5.56 Å². The van der Waals surface area contributed by atoms with Crippen LogP contribution in [0.3, 0.4) is 0 Å². The molecule has 1 atom stereocenters. The summed E-state index contributed by atoms with van der Waals surface area (Å²) in [5.41, 5.74) is 0.114. The number of ether oxygens (including phenoxy) is 1. The Bertz CT molecular complexity index is 1300. The first-order valence-corrected chi connectivity index (χ1v) is 9.22. The number of para-hydroxylation sites is 1. The molecule has 2 N–H and O–H groups in total. The van der Waals surface area contributed by atoms with Gasteiger partial charge in [0.15, 0.2) is 0 Å². The number of benzene rings is 2. The monoisotopic (exact) mass is 403 g/mol. The third-order valence-electron chi connectivity index (χ3n) is 5.24. The number of pyridine rings is 1. The Kier molecular flexibility index (Phi) is 4.79. The van der Waals surface area contributed by atoms with Gasteiger partial charge in [0.05, 0.1) is 19.1 Å². The quantitative estimate of drug-likeness (QED) is 0.512. The first-order valence-electron chi connectivity index (χ1n) is 9.22. The molecule has 0 saturated carbocycles. The van der Waals surface area contributed by atoms with E-state index in [2.05, 4.69) is 4.98 Å². The molecule has 0 bridgehead atoms. The molecule has 0 fully saturated rings. The average Bonchev–Trinajstić information content (AvgIpc) is 2.76. The number of rotatable bonds is 4. The number of Topliss-reactive ketones (excluding diaryl/α,β-unsaturated/α-hetero) is 2. The molecule has 0 saturated heterocycles. The second-order valence-electron chi connectivity index (χ2n) is 6.94. The summed E-state index contributed by atoms with van der Waals surface area (Å²) in [4.78, 5) is 53.2. The molecule has 0 amide bonds. The van der Waals surface area contributed by atoms with Crippen LogP contribution in [0.2, 0.25) is 0 Å². The molecule has 1 aliphatic rings. The fraction of sp³-hybridized carbons (Fsp3) is 0.130. The maximum atomic E-state index is 12.9. The minimum atomic E-state index is -1.16. The predicted molar refractivity (Wildman–Crippen MR) is 109 cm³/mol. The zero-order chi connectivity index (χ0) is 21.4. The number of aromatic amines is 1. The van der Waals surface area contributed by atoms with Crippen LogP contribution in [0, 0.1) is 0 Å². The van der Waals surface area contributed by atoms with E-state index in [0.717, 1.165) is 0 Å². The highest BCUT2D eigenvalue weighted by atomic mass is 16.5. The fourth-order valence-corrected chi connectivity index (χ4v) is 3.75. The minimum Gasteiger partial charge on any atom is -0.507 e. The van der Waals surface area contributed by atoms with E-state index in [1.165, 1.54) is 19.2 Å². The molecule has 7 nitrogen and oxygen atoms in total. The molecule has 0 aliphatic heterocycles. The second-order valence-corrected chi connectivity index (χ2v) is 6.94. The van der Waals surface area contributed by atoms with Crippen LogP contribution in [0.4, 0.5) is 0 Å². The normalized spacial score (nSPS) is 14.6. The number of carbonyl (C=O) groups excluding carboxylic acids is 3. The number of carbonyl (C=O) groups is 3. The first-order chi connectivity index (χ1) is 14.4. The second kappa shape index (κ2) is 7.44. The number of ketones is 2. The van der Waals surface area contributed by atoms with Crippen molar-refractivity contribution in [3.8, 4) is 0 Å². The van der Waals surface area contributed by atoms with Gasteiger partial charge in [0, 0.05) is 28.1 Å². The van der Waals surface area contributed by atoms with Crippen molar-refractivity contribution in [3.63, 3.8) is 0 Å². The number of aromatic nitrogens is 1. The van der Waals surface area contributed by atoms with Gasteiger partial charge in [-0.2, -0.15) is 0 Å². The molecule has 150 valence electrons. The maximum Gasteiger partial charge on any atom is 0.306 e. The van der Waals surface area contributed by atoms with Gasteiger partial charge >= 0.3 is 5.97 Å². The largest absolute Gasteiger partial charge is 0.507 e. The summed E-state index contributed by atoms with van der Waals surface area (Å²) in [6, 6.07) is 14.7. The maximum absolute atomic E-state index is 12.9. The van der Waals surface area contributed by atoms with E-state index in [4.69, 9.17) is 4.74 Å². The zero-order valence-electron chi connectivity index (χ0n) is 16.0. The van der Waals surface area contributed by atoms with E-state index in [1.807, 2.05) is 0 Å². The third kappa shape index (κ3) is 3.10. The Balaban J connectivity index is 1.98. The van der Waals surface area contributed by atoms with Crippen molar-refractivity contribution in [1.29, 1.82) is 0 Å². The summed E-state index contributed by atoms with van der Waals surface area (Å²) in [5.74, 6) is -4.02. The molecule has 0 spiro atoms. The van der Waals surface area contributed by atoms with Crippen molar-refractivity contribution >= 4 is 34.2 Å². The predicted octanol–water partition coefficient (Wildman–Crippen LogP) is 2.91. The van der Waals surface area contributed by atoms with Crippen molar-refractivity contribution in [2.24, 2.45) is 0 Å². The highest BCUT2D eigenvalue weighted by molar-refractivity contribution is 6.52. The number of H-pyrrole nitrogens is 1. The Morgan fingerprint density at radius 1 is 1.00 bits per heavy atom. The number of nitrogens with one attached hydrogen (secondary N) is 1. The summed E-state index contributed by atoms with van der Waals surface area (Å²) in [7, 11) is 1.18. The topological polar surface area (TPSA) is 114 Å². The number of methoxy groups -OCH3 is 1. The summed E-state index contributed by atoms with van der Waals surface area (Å²) < 4.78 is 4.74. The van der Waals surface area contributed by atoms with Gasteiger partial charge in [-0.25, -0.2) is 0 Å². The minimum absolute atomic E-state index is 0.0768. The van der Waals surface area contributed by atoms with E-state index < -0.39 is 41.2 Å². The van der Waals surface area contributed by atoms with E-state index in [1.54, 1.807) is 42.5 Å². The Morgan fingerprint density at radius 3 is 2.40 bits per heavy atom. The number of allylic oxidation sites excluding steroid dienone is 1. The number of esters is 1. The number of fused-ring (bicyclic) bond motifs is 2. The molecule has 2 aromatic carbocycles. The highest BCUT2D eigenvalue weighted by Gasteiger charge is 2.39. The Hall–Kier alpha value is -4.00. The molecular formula is C23H17NO6. The number of aliphatic hydroxyl groups is 1. The third-order valence-corrected chi connectivity index (χ3v) is 5.24. The Labute approximate surface area is 170 Å². The molecule has 1 aliphatic carbocycles. The molecular weight excluding hydrogens is 386 g/mol. The lowest BCUT2D eigenvalue weighted by molar-refractivity contribution is -0.140. The number of aliphatic hydroxyl groups excluding tert-OH is 1. The van der Waals surface area contributed by atoms with E-state index in [9.17, 15) is 24.3 Å². The SMILES string of the molecule is COC(=O)C[C@H](C1=C(O)c2ccccc2C(=O)C1=O)c1cc2ccccc2[nH]c1=O. The average molecular weight is 403 g/mol. The lowest BCUT2D eigenvalue weighted by Gasteiger charge is -2.24. The molecule has 1 aromatic heterocycles. The van der Waals surface area contributed by atoms with E-state index in [-0.39, 0.29) is 22.3 Å². The van der Waals surface area contributed by atoms with Crippen LogP contribution >= 0.6 is 0 Å². The number of hydrogen-bond acceptors (Lipinski definition) is 6. The van der Waals surface area contributed by atoms with Crippen LogP contribution in [0.25, 0.3) is 16.7 Å². The van der Waals surface area contributed by atoms with Crippen molar-refractivity contribution in [2.75, 3.05) is 7.11 Å². The summed E-state index contributed by atoms with van der Waals surface area (Å²) in [6.07, 6.45) is -0.390. The highest BCUT2D eigenvalue weighted by Crippen LogP contribution is 2.37. The van der Waals surface area contributed by atoms with Crippen LogP contribution in [0.15, 0.2) is 65.0 Å². The van der Waals surface area contributed by atoms with Crippen molar-refractivity contribution in [3.05, 3.63) is 87.2 Å². The smallest absolute Gasteiger partial charge is 0.306 e. The van der Waals surface area contributed by atoms with Crippen molar-refractivity contribution < 1.29 is 24.2 Å². The number of hydrogen-bond donors (Lipinski definition) is 2. The summed E-state index contributed by atoms with van der Waals surface area (Å²) in [5, 5.41) is 11.6. The van der Waals surface area contributed by atoms with Crippen LogP contribution < -0.4 is 5.56 Å².